The largest absolute Gasteiger partial charge is 0.508 e. The molecule has 6 heteroatoms. The van der Waals surface area contributed by atoms with E-state index in [1.165, 1.54) is 0 Å². The third-order valence-corrected chi connectivity index (χ3v) is 6.16. The van der Waals surface area contributed by atoms with E-state index in [1.54, 1.807) is 17.0 Å². The van der Waals surface area contributed by atoms with Crippen LogP contribution in [-0.2, 0) is 22.6 Å². The zero-order valence-corrected chi connectivity index (χ0v) is 17.3. The van der Waals surface area contributed by atoms with Gasteiger partial charge in [-0.2, -0.15) is 0 Å². The van der Waals surface area contributed by atoms with Crippen molar-refractivity contribution in [3.05, 3.63) is 65.2 Å². The van der Waals surface area contributed by atoms with Gasteiger partial charge in [-0.1, -0.05) is 42.5 Å². The third-order valence-electron chi connectivity index (χ3n) is 6.16. The van der Waals surface area contributed by atoms with Gasteiger partial charge in [0.2, 0.25) is 5.91 Å². The van der Waals surface area contributed by atoms with Crippen molar-refractivity contribution in [3.8, 4) is 5.75 Å². The van der Waals surface area contributed by atoms with E-state index < -0.39 is 5.54 Å². The number of fused-ring (bicyclic) bond motifs is 1. The minimum Gasteiger partial charge on any atom is -0.508 e. The molecule has 0 radical (unpaired) electrons. The number of phenolic OH excluding ortho intramolecular Hbond substituents is 1. The second kappa shape index (κ2) is 8.38. The van der Waals surface area contributed by atoms with Crippen molar-refractivity contribution in [1.82, 2.24) is 10.2 Å². The number of carbonyl (C=O) groups is 2. The van der Waals surface area contributed by atoms with Crippen molar-refractivity contribution in [2.75, 3.05) is 13.1 Å². The number of benzene rings is 2. The number of rotatable bonds is 4. The van der Waals surface area contributed by atoms with Crippen molar-refractivity contribution in [2.24, 2.45) is 0 Å². The zero-order valence-electron chi connectivity index (χ0n) is 17.3. The highest BCUT2D eigenvalue weighted by molar-refractivity contribution is 5.85. The van der Waals surface area contributed by atoms with E-state index >= 15 is 0 Å². The Bertz CT molecular complexity index is 930. The lowest BCUT2D eigenvalue weighted by atomic mass is 9.81. The van der Waals surface area contributed by atoms with Gasteiger partial charge in [-0.05, 0) is 55.4 Å². The topological polar surface area (TPSA) is 78.9 Å². The van der Waals surface area contributed by atoms with Gasteiger partial charge in [0.1, 0.15) is 12.4 Å². The van der Waals surface area contributed by atoms with Gasteiger partial charge in [-0.15, -0.1) is 0 Å². The van der Waals surface area contributed by atoms with Crippen LogP contribution in [0.2, 0.25) is 0 Å². The fraction of sp³-hybridized carbons (Fsp3) is 0.417. The predicted molar refractivity (Wildman–Crippen MR) is 113 cm³/mol. The Morgan fingerprint density at radius 2 is 2.00 bits per heavy atom. The van der Waals surface area contributed by atoms with Gasteiger partial charge in [0.05, 0.1) is 11.5 Å². The molecule has 2 N–H and O–H groups in total. The summed E-state index contributed by atoms with van der Waals surface area (Å²) in [5.74, 6) is -0.0373. The van der Waals surface area contributed by atoms with Gasteiger partial charge in [0.25, 0.3) is 0 Å². The average molecular weight is 408 g/mol. The van der Waals surface area contributed by atoms with Crippen LogP contribution in [0.3, 0.4) is 0 Å². The highest BCUT2D eigenvalue weighted by atomic mass is 16.6. The van der Waals surface area contributed by atoms with Crippen LogP contribution in [0, 0.1) is 0 Å². The van der Waals surface area contributed by atoms with Crippen molar-refractivity contribution in [2.45, 2.75) is 50.7 Å². The standard InChI is InChI=1S/C24H28N2O4/c1-24(13-14-26(16-24)23(29)30-15-17-7-3-2-4-8-17)25-22(28)20-11-5-10-19-18(20)9-6-12-21(19)27/h2-4,6-9,12,20,27H,5,10-11,13-16H2,1H3,(H,25,28). The number of aromatic hydroxyl groups is 1. The van der Waals surface area contributed by atoms with Gasteiger partial charge < -0.3 is 20.1 Å². The van der Waals surface area contributed by atoms with Crippen LogP contribution >= 0.6 is 0 Å². The maximum absolute atomic E-state index is 13.1. The molecule has 0 bridgehead atoms. The number of nitrogens with zero attached hydrogens (tertiary/aromatic N) is 1. The van der Waals surface area contributed by atoms with Crippen LogP contribution in [0.1, 0.15) is 48.8 Å². The summed E-state index contributed by atoms with van der Waals surface area (Å²) in [7, 11) is 0. The molecule has 30 heavy (non-hydrogen) atoms. The normalized spacial score (nSPS) is 23.0. The summed E-state index contributed by atoms with van der Waals surface area (Å²) in [6, 6.07) is 15.0. The fourth-order valence-electron chi connectivity index (χ4n) is 4.52. The molecule has 0 saturated carbocycles. The zero-order chi connectivity index (χ0) is 21.1. The molecule has 2 aromatic carbocycles. The van der Waals surface area contributed by atoms with Crippen LogP contribution in [0.15, 0.2) is 48.5 Å². The summed E-state index contributed by atoms with van der Waals surface area (Å²) in [5.41, 5.74) is 2.25. The van der Waals surface area contributed by atoms with Crippen molar-refractivity contribution in [1.29, 1.82) is 0 Å². The maximum atomic E-state index is 13.1. The van der Waals surface area contributed by atoms with Crippen LogP contribution in [-0.4, -0.2) is 40.6 Å². The molecule has 2 aromatic rings. The first kappa shape index (κ1) is 20.3. The smallest absolute Gasteiger partial charge is 0.410 e. The summed E-state index contributed by atoms with van der Waals surface area (Å²) in [5, 5.41) is 13.3. The van der Waals surface area contributed by atoms with E-state index in [-0.39, 0.29) is 30.3 Å². The highest BCUT2D eigenvalue weighted by Crippen LogP contribution is 2.37. The number of carbonyl (C=O) groups excluding carboxylic acids is 2. The lowest BCUT2D eigenvalue weighted by Gasteiger charge is -2.31. The fourth-order valence-corrected chi connectivity index (χ4v) is 4.52. The first-order valence-electron chi connectivity index (χ1n) is 10.5. The Hall–Kier alpha value is -3.02. The maximum Gasteiger partial charge on any atom is 0.410 e. The third kappa shape index (κ3) is 4.27. The lowest BCUT2D eigenvalue weighted by molar-refractivity contribution is -0.124. The lowest BCUT2D eigenvalue weighted by Crippen LogP contribution is -2.50. The molecule has 2 aliphatic rings. The van der Waals surface area contributed by atoms with Crippen molar-refractivity contribution >= 4 is 12.0 Å². The molecule has 6 nitrogen and oxygen atoms in total. The molecule has 4 rings (SSSR count). The van der Waals surface area contributed by atoms with E-state index in [0.29, 0.717) is 19.5 Å². The van der Waals surface area contributed by atoms with Crippen molar-refractivity contribution in [3.63, 3.8) is 0 Å². The first-order valence-corrected chi connectivity index (χ1v) is 10.5. The van der Waals surface area contributed by atoms with Gasteiger partial charge in [0, 0.05) is 13.1 Å². The first-order chi connectivity index (χ1) is 14.5. The Morgan fingerprint density at radius 3 is 2.80 bits per heavy atom. The number of nitrogens with one attached hydrogen (secondary N) is 1. The Balaban J connectivity index is 1.36. The van der Waals surface area contributed by atoms with Gasteiger partial charge in [-0.25, -0.2) is 4.79 Å². The van der Waals surface area contributed by atoms with E-state index in [9.17, 15) is 14.7 Å². The number of ether oxygens (including phenoxy) is 1. The molecule has 1 aliphatic heterocycles. The molecule has 158 valence electrons. The van der Waals surface area contributed by atoms with Crippen LogP contribution < -0.4 is 5.32 Å². The molecule has 1 aliphatic carbocycles. The number of amides is 2. The molecule has 0 aromatic heterocycles. The van der Waals surface area contributed by atoms with Crippen molar-refractivity contribution < 1.29 is 19.4 Å². The summed E-state index contributed by atoms with van der Waals surface area (Å²) >= 11 is 0. The van der Waals surface area contributed by atoms with E-state index in [2.05, 4.69) is 5.32 Å². The second-order valence-electron chi connectivity index (χ2n) is 8.55. The molecule has 2 amide bonds. The summed E-state index contributed by atoms with van der Waals surface area (Å²) in [4.78, 5) is 27.2. The SMILES string of the molecule is CC1(NC(=O)C2CCCc3c(O)cccc32)CCN(C(=O)OCc2ccccc2)C1. The molecule has 1 saturated heterocycles. The molecular weight excluding hydrogens is 380 g/mol. The molecular formula is C24H28N2O4. The van der Waals surface area contributed by atoms with Crippen LogP contribution in [0.25, 0.3) is 0 Å². The summed E-state index contributed by atoms with van der Waals surface area (Å²) in [6.45, 7) is 3.18. The minimum absolute atomic E-state index is 0.0384. The predicted octanol–water partition coefficient (Wildman–Crippen LogP) is 3.73. The Labute approximate surface area is 176 Å². The van der Waals surface area contributed by atoms with Crippen LogP contribution in [0.4, 0.5) is 4.79 Å². The van der Waals surface area contributed by atoms with Crippen LogP contribution in [0.5, 0.6) is 5.75 Å². The number of hydrogen-bond acceptors (Lipinski definition) is 4. The molecule has 2 atom stereocenters. The minimum atomic E-state index is -0.489. The van der Waals surface area contributed by atoms with Gasteiger partial charge in [-0.3, -0.25) is 4.79 Å². The quantitative estimate of drug-likeness (QED) is 0.808. The average Bonchev–Trinajstić information content (AvgIpc) is 3.14. The van der Waals surface area contributed by atoms with Gasteiger partial charge >= 0.3 is 6.09 Å². The highest BCUT2D eigenvalue weighted by Gasteiger charge is 2.40. The molecule has 0 spiro atoms. The van der Waals surface area contributed by atoms with E-state index in [0.717, 1.165) is 36.0 Å². The monoisotopic (exact) mass is 408 g/mol. The Morgan fingerprint density at radius 1 is 1.20 bits per heavy atom. The molecule has 1 fully saturated rings. The second-order valence-corrected chi connectivity index (χ2v) is 8.55. The number of likely N-dealkylation sites (tertiary alicyclic amines) is 1. The molecule has 1 heterocycles. The summed E-state index contributed by atoms with van der Waals surface area (Å²) < 4.78 is 5.43. The number of hydrogen-bond donors (Lipinski definition) is 2. The van der Waals surface area contributed by atoms with Gasteiger partial charge in [0.15, 0.2) is 0 Å². The molecule has 2 unspecified atom stereocenters. The Kier molecular flexibility index (Phi) is 5.66. The van der Waals surface area contributed by atoms with E-state index in [4.69, 9.17) is 4.74 Å². The number of phenols is 1. The van der Waals surface area contributed by atoms with E-state index in [1.807, 2.05) is 43.3 Å². The summed E-state index contributed by atoms with van der Waals surface area (Å²) in [6.07, 6.45) is 2.76.